The van der Waals surface area contributed by atoms with Gasteiger partial charge in [0.05, 0.1) is 5.52 Å². The quantitative estimate of drug-likeness (QED) is 0.888. The van der Waals surface area contributed by atoms with E-state index in [-0.39, 0.29) is 0 Å². The lowest BCUT2D eigenvalue weighted by Crippen LogP contribution is -2.26. The number of pyridine rings is 1. The maximum Gasteiger partial charge on any atom is 0.0708 e. The van der Waals surface area contributed by atoms with Gasteiger partial charge in [0.2, 0.25) is 0 Å². The van der Waals surface area contributed by atoms with Gasteiger partial charge in [0.1, 0.15) is 0 Å². The molecule has 1 aromatic carbocycles. The Balaban J connectivity index is 2.22. The summed E-state index contributed by atoms with van der Waals surface area (Å²) < 4.78 is 0. The van der Waals surface area contributed by atoms with Crippen LogP contribution in [0.15, 0.2) is 30.3 Å². The summed E-state index contributed by atoms with van der Waals surface area (Å²) in [6, 6.07) is 10.5. The van der Waals surface area contributed by atoms with Gasteiger partial charge >= 0.3 is 0 Å². The lowest BCUT2D eigenvalue weighted by atomic mass is 9.97. The average molecular weight is 242 g/mol. The molecule has 0 atom stereocenters. The first-order valence-corrected chi connectivity index (χ1v) is 6.52. The van der Waals surface area contributed by atoms with Crippen molar-refractivity contribution in [1.29, 1.82) is 0 Å². The van der Waals surface area contributed by atoms with Crippen LogP contribution in [-0.2, 0) is 6.54 Å². The molecule has 96 valence electrons. The monoisotopic (exact) mass is 242 g/mol. The highest BCUT2D eigenvalue weighted by Gasteiger charge is 2.10. The van der Waals surface area contributed by atoms with E-state index in [1.54, 1.807) is 0 Å². The molecule has 2 heteroatoms. The van der Waals surface area contributed by atoms with Crippen molar-refractivity contribution in [2.24, 2.45) is 5.41 Å². The lowest BCUT2D eigenvalue weighted by molar-refractivity contribution is 0.379. The molecule has 18 heavy (non-hydrogen) atoms. The summed E-state index contributed by atoms with van der Waals surface area (Å²) in [6.07, 6.45) is 0. The van der Waals surface area contributed by atoms with E-state index >= 15 is 0 Å². The van der Waals surface area contributed by atoms with Crippen molar-refractivity contribution in [1.82, 2.24) is 10.3 Å². The maximum atomic E-state index is 4.57. The lowest BCUT2D eigenvalue weighted by Gasteiger charge is -2.19. The molecule has 0 aliphatic carbocycles. The molecule has 0 spiro atoms. The van der Waals surface area contributed by atoms with Crippen molar-refractivity contribution >= 4 is 10.9 Å². The van der Waals surface area contributed by atoms with E-state index in [0.717, 1.165) is 24.3 Å². The van der Waals surface area contributed by atoms with E-state index in [4.69, 9.17) is 0 Å². The third-order valence-electron chi connectivity index (χ3n) is 2.90. The Bertz CT molecular complexity index is 538. The number of nitrogens with zero attached hydrogens (tertiary/aromatic N) is 1. The van der Waals surface area contributed by atoms with E-state index in [1.807, 2.05) is 6.07 Å². The highest BCUT2D eigenvalue weighted by molar-refractivity contribution is 5.82. The van der Waals surface area contributed by atoms with Crippen LogP contribution in [-0.4, -0.2) is 11.5 Å². The molecule has 0 amide bonds. The van der Waals surface area contributed by atoms with Gasteiger partial charge in [0, 0.05) is 24.2 Å². The molecule has 0 saturated carbocycles. The van der Waals surface area contributed by atoms with Crippen molar-refractivity contribution in [2.45, 2.75) is 34.2 Å². The molecule has 0 aliphatic heterocycles. The first kappa shape index (κ1) is 13.0. The summed E-state index contributed by atoms with van der Waals surface area (Å²) in [7, 11) is 0. The summed E-state index contributed by atoms with van der Waals surface area (Å²) in [6.45, 7) is 10.7. The standard InChI is InChI=1S/C16H22N2/c1-12-9-13(10-17-11-16(2,3)4)14-7-5-6-8-15(14)18-12/h5-9,17H,10-11H2,1-4H3. The highest BCUT2D eigenvalue weighted by Crippen LogP contribution is 2.18. The molecule has 1 heterocycles. The van der Waals surface area contributed by atoms with Crippen LogP contribution in [0, 0.1) is 12.3 Å². The molecule has 0 bridgehead atoms. The van der Waals surface area contributed by atoms with Crippen molar-refractivity contribution in [3.05, 3.63) is 41.6 Å². The third-order valence-corrected chi connectivity index (χ3v) is 2.90. The number of para-hydroxylation sites is 1. The number of benzene rings is 1. The second-order valence-electron chi connectivity index (χ2n) is 6.10. The van der Waals surface area contributed by atoms with Gasteiger partial charge in [0.15, 0.2) is 0 Å². The zero-order valence-electron chi connectivity index (χ0n) is 11.7. The molecule has 2 nitrogen and oxygen atoms in total. The summed E-state index contributed by atoms with van der Waals surface area (Å²) in [4.78, 5) is 4.57. The number of aryl methyl sites for hydroxylation is 1. The third kappa shape index (κ3) is 3.30. The summed E-state index contributed by atoms with van der Waals surface area (Å²) in [5.41, 5.74) is 3.83. The Morgan fingerprint density at radius 3 is 2.61 bits per heavy atom. The van der Waals surface area contributed by atoms with Crippen molar-refractivity contribution < 1.29 is 0 Å². The van der Waals surface area contributed by atoms with Crippen molar-refractivity contribution in [3.63, 3.8) is 0 Å². The molecule has 0 fully saturated rings. The molecule has 0 unspecified atom stereocenters. The predicted octanol–water partition coefficient (Wildman–Crippen LogP) is 3.68. The van der Waals surface area contributed by atoms with E-state index in [0.29, 0.717) is 5.41 Å². The minimum absolute atomic E-state index is 0.317. The fourth-order valence-corrected chi connectivity index (χ4v) is 2.11. The topological polar surface area (TPSA) is 24.9 Å². The number of fused-ring (bicyclic) bond motifs is 1. The second kappa shape index (κ2) is 5.07. The number of nitrogens with one attached hydrogen (secondary N) is 1. The molecule has 1 N–H and O–H groups in total. The predicted molar refractivity (Wildman–Crippen MR) is 77.6 cm³/mol. The molecule has 0 radical (unpaired) electrons. The van der Waals surface area contributed by atoms with Crippen LogP contribution in [0.25, 0.3) is 10.9 Å². The normalized spacial score (nSPS) is 12.0. The number of hydrogen-bond donors (Lipinski definition) is 1. The van der Waals surface area contributed by atoms with E-state index in [9.17, 15) is 0 Å². The molecule has 0 aliphatic rings. The molecular formula is C16H22N2. The Morgan fingerprint density at radius 1 is 1.17 bits per heavy atom. The van der Waals surface area contributed by atoms with Crippen molar-refractivity contribution in [2.75, 3.05) is 6.54 Å². The zero-order valence-corrected chi connectivity index (χ0v) is 11.7. The van der Waals surface area contributed by atoms with Crippen LogP contribution in [0.5, 0.6) is 0 Å². The van der Waals surface area contributed by atoms with Gasteiger partial charge in [-0.1, -0.05) is 39.0 Å². The highest BCUT2D eigenvalue weighted by atomic mass is 14.9. The SMILES string of the molecule is Cc1cc(CNCC(C)(C)C)c2ccccc2n1. The summed E-state index contributed by atoms with van der Waals surface area (Å²) >= 11 is 0. The number of aromatic nitrogens is 1. The molecule has 1 aromatic heterocycles. The van der Waals surface area contributed by atoms with E-state index in [2.05, 4.69) is 62.3 Å². The van der Waals surface area contributed by atoms with Crippen LogP contribution in [0.4, 0.5) is 0 Å². The van der Waals surface area contributed by atoms with Crippen LogP contribution in [0.1, 0.15) is 32.0 Å². The van der Waals surface area contributed by atoms with Crippen LogP contribution < -0.4 is 5.32 Å². The first-order chi connectivity index (χ1) is 8.46. The Morgan fingerprint density at radius 2 is 1.89 bits per heavy atom. The van der Waals surface area contributed by atoms with Gasteiger partial charge in [-0.15, -0.1) is 0 Å². The average Bonchev–Trinajstić information content (AvgIpc) is 2.27. The Kier molecular flexibility index (Phi) is 3.67. The van der Waals surface area contributed by atoms with E-state index < -0.39 is 0 Å². The van der Waals surface area contributed by atoms with Gasteiger partial charge < -0.3 is 5.32 Å². The van der Waals surface area contributed by atoms with Gasteiger partial charge in [-0.3, -0.25) is 4.98 Å². The second-order valence-corrected chi connectivity index (χ2v) is 6.10. The minimum Gasteiger partial charge on any atom is -0.312 e. The summed E-state index contributed by atoms with van der Waals surface area (Å²) in [5.74, 6) is 0. The van der Waals surface area contributed by atoms with Crippen LogP contribution >= 0.6 is 0 Å². The van der Waals surface area contributed by atoms with Crippen LogP contribution in [0.2, 0.25) is 0 Å². The molecular weight excluding hydrogens is 220 g/mol. The maximum absolute atomic E-state index is 4.57. The molecule has 2 aromatic rings. The van der Waals surface area contributed by atoms with Gasteiger partial charge in [-0.2, -0.15) is 0 Å². The van der Waals surface area contributed by atoms with Gasteiger partial charge in [-0.25, -0.2) is 0 Å². The molecule has 2 rings (SSSR count). The Labute approximate surface area is 109 Å². The number of hydrogen-bond acceptors (Lipinski definition) is 2. The molecule has 0 saturated heterocycles. The zero-order chi connectivity index (χ0) is 13.2. The van der Waals surface area contributed by atoms with Crippen LogP contribution in [0.3, 0.4) is 0 Å². The minimum atomic E-state index is 0.317. The van der Waals surface area contributed by atoms with E-state index in [1.165, 1.54) is 10.9 Å². The Hall–Kier alpha value is -1.41. The fourth-order valence-electron chi connectivity index (χ4n) is 2.11. The van der Waals surface area contributed by atoms with Crippen molar-refractivity contribution in [3.8, 4) is 0 Å². The van der Waals surface area contributed by atoms with Gasteiger partial charge in [0.25, 0.3) is 0 Å². The van der Waals surface area contributed by atoms with Gasteiger partial charge in [-0.05, 0) is 30.0 Å². The summed E-state index contributed by atoms with van der Waals surface area (Å²) in [5, 5.41) is 4.79. The number of rotatable bonds is 3. The first-order valence-electron chi connectivity index (χ1n) is 6.52. The fraction of sp³-hybridized carbons (Fsp3) is 0.438. The smallest absolute Gasteiger partial charge is 0.0708 e. The largest absolute Gasteiger partial charge is 0.312 e.